The van der Waals surface area contributed by atoms with E-state index < -0.39 is 0 Å². The number of benzene rings is 1. The number of nitrogens with zero attached hydrogens (tertiary/aromatic N) is 1. The summed E-state index contributed by atoms with van der Waals surface area (Å²) in [6, 6.07) is 9.52. The van der Waals surface area contributed by atoms with Gasteiger partial charge in [-0.3, -0.25) is 0 Å². The van der Waals surface area contributed by atoms with Crippen LogP contribution in [0.1, 0.15) is 18.4 Å². The predicted molar refractivity (Wildman–Crippen MR) is 65.7 cm³/mol. The van der Waals surface area contributed by atoms with Gasteiger partial charge in [-0.05, 0) is 18.6 Å². The molecule has 0 fully saturated rings. The van der Waals surface area contributed by atoms with Gasteiger partial charge in [0.1, 0.15) is 11.8 Å². The van der Waals surface area contributed by atoms with Crippen LogP contribution in [-0.4, -0.2) is 6.61 Å². The van der Waals surface area contributed by atoms with Gasteiger partial charge in [0, 0.05) is 38.4 Å². The maximum absolute atomic E-state index is 8.41. The summed E-state index contributed by atoms with van der Waals surface area (Å²) < 4.78 is 5.19. The van der Waals surface area contributed by atoms with E-state index in [1.165, 1.54) is 0 Å². The smallest absolute Gasteiger partial charge is 0.174 e. The summed E-state index contributed by atoms with van der Waals surface area (Å²) in [5.74, 6) is 0.700. The van der Waals surface area contributed by atoms with E-state index in [-0.39, 0.29) is 39.3 Å². The number of hydrogen-bond donors (Lipinski definition) is 1. The summed E-state index contributed by atoms with van der Waals surface area (Å²) in [5.41, 5.74) is 3.03. The van der Waals surface area contributed by atoms with Crippen LogP contribution in [0.25, 0.3) is 5.70 Å². The molecule has 0 atom stereocenters. The van der Waals surface area contributed by atoms with Crippen molar-refractivity contribution in [2.45, 2.75) is 12.8 Å². The van der Waals surface area contributed by atoms with Crippen LogP contribution in [0.15, 0.2) is 36.5 Å². The van der Waals surface area contributed by atoms with E-state index in [0.29, 0.717) is 5.75 Å². The summed E-state index contributed by atoms with van der Waals surface area (Å²) in [5, 5.41) is 11.6. The second kappa shape index (κ2) is 7.36. The molecule has 0 saturated heterocycles. The van der Waals surface area contributed by atoms with Crippen LogP contribution in [0.4, 0.5) is 0 Å². The first-order valence-corrected chi connectivity index (χ1v) is 5.45. The molecule has 1 radical (unpaired) electrons. The number of nitriles is 1. The molecule has 89 valence electrons. The summed E-state index contributed by atoms with van der Waals surface area (Å²) in [7, 11) is 0. The topological polar surface area (TPSA) is 45.0 Å². The van der Waals surface area contributed by atoms with Crippen LogP contribution < -0.4 is 10.1 Å². The number of allylic oxidation sites excluding steroid dienone is 2. The Balaban J connectivity index is 0.00000162. The third-order valence-electron chi connectivity index (χ3n) is 2.48. The van der Waals surface area contributed by atoms with E-state index in [1.807, 2.05) is 30.3 Å². The van der Waals surface area contributed by atoms with Crippen LogP contribution >= 0.6 is 0 Å². The number of nitrogens with one attached hydrogen (secondary N) is 1. The van der Waals surface area contributed by atoms with E-state index in [9.17, 15) is 0 Å². The molecule has 0 aromatic heterocycles. The molecule has 1 heterocycles. The second-order valence-corrected chi connectivity index (χ2v) is 3.75. The van der Waals surface area contributed by atoms with E-state index >= 15 is 0 Å². The Bertz CT molecular complexity index is 486. The molecule has 4 heteroatoms. The molecule has 18 heavy (non-hydrogen) atoms. The zero-order chi connectivity index (χ0) is 12.1. The molecule has 0 amide bonds. The van der Waals surface area contributed by atoms with Gasteiger partial charge in [0.05, 0.1) is 0 Å². The van der Waals surface area contributed by atoms with Gasteiger partial charge in [-0.25, -0.2) is 6.08 Å². The fourth-order valence-corrected chi connectivity index (χ4v) is 1.63. The standard InChI is InChI=1S/C14H13N2O.Y/c1-11-3-2-4-14(16-11)12-5-7-13(8-6-12)17-10-9-15;/h5-8,16H,1-3,10H2;/q-1;. The Kier molecular flexibility index (Phi) is 6.11. The second-order valence-electron chi connectivity index (χ2n) is 3.75. The molecule has 0 unspecified atom stereocenters. The third kappa shape index (κ3) is 3.98. The van der Waals surface area contributed by atoms with Crippen molar-refractivity contribution in [1.29, 1.82) is 5.26 Å². The van der Waals surface area contributed by atoms with E-state index in [1.54, 1.807) is 0 Å². The first kappa shape index (κ1) is 15.0. The molecule has 0 bridgehead atoms. The van der Waals surface area contributed by atoms with Gasteiger partial charge in [-0.15, -0.1) is 24.3 Å². The van der Waals surface area contributed by atoms with Crippen molar-refractivity contribution in [3.05, 3.63) is 48.2 Å². The van der Waals surface area contributed by atoms with Crippen molar-refractivity contribution in [1.82, 2.24) is 5.32 Å². The van der Waals surface area contributed by atoms with Crippen molar-refractivity contribution >= 4 is 5.70 Å². The van der Waals surface area contributed by atoms with E-state index in [0.717, 1.165) is 29.8 Å². The van der Waals surface area contributed by atoms with Crippen LogP contribution in [0.3, 0.4) is 0 Å². The Morgan fingerprint density at radius 2 is 2.11 bits per heavy atom. The number of hydrogen-bond acceptors (Lipinski definition) is 3. The average molecular weight is 314 g/mol. The Morgan fingerprint density at radius 3 is 2.72 bits per heavy atom. The molecule has 0 saturated carbocycles. The van der Waals surface area contributed by atoms with Gasteiger partial charge in [0.15, 0.2) is 6.61 Å². The van der Waals surface area contributed by atoms with Gasteiger partial charge in [0.2, 0.25) is 0 Å². The van der Waals surface area contributed by atoms with Crippen molar-refractivity contribution < 1.29 is 37.4 Å². The van der Waals surface area contributed by atoms with Crippen molar-refractivity contribution in [3.8, 4) is 11.8 Å². The first-order valence-electron chi connectivity index (χ1n) is 5.45. The molecular formula is C14H13N2OY-. The van der Waals surface area contributed by atoms with Gasteiger partial charge >= 0.3 is 0 Å². The molecule has 1 aromatic rings. The molecule has 1 aromatic carbocycles. The summed E-state index contributed by atoms with van der Waals surface area (Å²) in [6.45, 7) is 3.99. The van der Waals surface area contributed by atoms with Gasteiger partial charge in [-0.1, -0.05) is 6.58 Å². The Morgan fingerprint density at radius 1 is 1.39 bits per heavy atom. The average Bonchev–Trinajstić information content (AvgIpc) is 2.37. The number of rotatable bonds is 3. The monoisotopic (exact) mass is 314 g/mol. The molecule has 0 spiro atoms. The third-order valence-corrected chi connectivity index (χ3v) is 2.48. The van der Waals surface area contributed by atoms with E-state index in [2.05, 4.69) is 18.0 Å². The maximum Gasteiger partial charge on any atom is 0.174 e. The molecular weight excluding hydrogens is 301 g/mol. The van der Waals surface area contributed by atoms with Gasteiger partial charge in [0.25, 0.3) is 0 Å². The molecule has 1 N–H and O–H groups in total. The van der Waals surface area contributed by atoms with Crippen LogP contribution in [-0.2, 0) is 32.7 Å². The summed E-state index contributed by atoms with van der Waals surface area (Å²) >= 11 is 0. The molecule has 1 aliphatic rings. The van der Waals surface area contributed by atoms with Crippen molar-refractivity contribution in [3.63, 3.8) is 0 Å². The molecule has 2 rings (SSSR count). The Labute approximate surface area is 132 Å². The van der Waals surface area contributed by atoms with Crippen LogP contribution in [0, 0.1) is 17.4 Å². The van der Waals surface area contributed by atoms with Gasteiger partial charge in [-0.2, -0.15) is 10.8 Å². The van der Waals surface area contributed by atoms with Crippen molar-refractivity contribution in [2.24, 2.45) is 0 Å². The largest absolute Gasteiger partial charge is 0.479 e. The first-order chi connectivity index (χ1) is 8.29. The summed E-state index contributed by atoms with van der Waals surface area (Å²) in [6.07, 6.45) is 5.11. The SMILES string of the molecule is C=C1CC[C-]=C(c2ccc(OCC#N)cc2)N1.[Y]. The van der Waals surface area contributed by atoms with Gasteiger partial charge < -0.3 is 10.1 Å². The Hall–Kier alpha value is -1.11. The summed E-state index contributed by atoms with van der Waals surface area (Å²) in [4.78, 5) is 0. The zero-order valence-corrected chi connectivity index (χ0v) is 12.9. The predicted octanol–water partition coefficient (Wildman–Crippen LogP) is 2.63. The number of ether oxygens (including phenoxy) is 1. The van der Waals surface area contributed by atoms with Crippen LogP contribution in [0.2, 0.25) is 0 Å². The van der Waals surface area contributed by atoms with E-state index in [4.69, 9.17) is 10.00 Å². The minimum absolute atomic E-state index is 0. The molecule has 3 nitrogen and oxygen atoms in total. The van der Waals surface area contributed by atoms with Crippen molar-refractivity contribution in [2.75, 3.05) is 6.61 Å². The zero-order valence-electron chi connectivity index (χ0n) is 10.1. The fourth-order valence-electron chi connectivity index (χ4n) is 1.63. The minimum Gasteiger partial charge on any atom is -0.479 e. The maximum atomic E-state index is 8.41. The minimum atomic E-state index is 0. The molecule has 1 aliphatic heterocycles. The normalized spacial score (nSPS) is 13.7. The molecule has 0 aliphatic carbocycles. The quantitative estimate of drug-likeness (QED) is 0.873. The van der Waals surface area contributed by atoms with Crippen LogP contribution in [0.5, 0.6) is 5.75 Å². The fraction of sp³-hybridized carbons (Fsp3) is 0.214.